The molecule has 0 atom stereocenters. The average Bonchev–Trinajstić information content (AvgIpc) is 2.79. The molecule has 4 aromatic rings. The Labute approximate surface area is 185 Å². The van der Waals surface area contributed by atoms with Crippen LogP contribution in [0.3, 0.4) is 0 Å². The summed E-state index contributed by atoms with van der Waals surface area (Å²) in [5.41, 5.74) is 5.74. The van der Waals surface area contributed by atoms with Gasteiger partial charge in [0.15, 0.2) is 5.82 Å². The Morgan fingerprint density at radius 2 is 1.81 bits per heavy atom. The minimum absolute atomic E-state index is 0.0486. The van der Waals surface area contributed by atoms with E-state index in [4.69, 9.17) is 16.6 Å². The number of aromatic nitrogens is 2. The zero-order chi connectivity index (χ0) is 21.8. The summed E-state index contributed by atoms with van der Waals surface area (Å²) in [7, 11) is 0. The van der Waals surface area contributed by atoms with E-state index in [9.17, 15) is 9.18 Å². The summed E-state index contributed by atoms with van der Waals surface area (Å²) in [6, 6.07) is 19.8. The Hall–Kier alpha value is -3.18. The molecule has 0 spiro atoms. The molecule has 1 heterocycles. The minimum Gasteiger partial charge on any atom is -0.317 e. The summed E-state index contributed by atoms with van der Waals surface area (Å²) in [5, 5.41) is 0.786. The molecule has 31 heavy (non-hydrogen) atoms. The molecule has 0 unspecified atom stereocenters. The zero-order valence-electron chi connectivity index (χ0n) is 17.2. The van der Waals surface area contributed by atoms with Crippen molar-refractivity contribution in [1.29, 1.82) is 0 Å². The highest BCUT2D eigenvalue weighted by Gasteiger charge is 2.14. The fourth-order valence-electron chi connectivity index (χ4n) is 3.53. The van der Waals surface area contributed by atoms with Gasteiger partial charge in [0, 0.05) is 16.1 Å². The number of benzene rings is 3. The first-order valence-corrected chi connectivity index (χ1v) is 10.7. The monoisotopic (exact) mass is 435 g/mol. The fraction of sp³-hybridized carbons (Fsp3) is 0.200. The van der Waals surface area contributed by atoms with E-state index in [1.165, 1.54) is 16.3 Å². The Balaban J connectivity index is 1.77. The Morgan fingerprint density at radius 1 is 1.03 bits per heavy atom. The molecule has 3 aromatic carbocycles. The Kier molecular flexibility index (Phi) is 6.33. The summed E-state index contributed by atoms with van der Waals surface area (Å²) < 4.78 is 15.6. The van der Waals surface area contributed by atoms with Crippen LogP contribution in [0.15, 0.2) is 71.5 Å². The lowest BCUT2D eigenvalue weighted by Gasteiger charge is -2.16. The lowest BCUT2D eigenvalue weighted by molar-refractivity contribution is 0.608. The molecule has 4 rings (SSSR count). The highest BCUT2D eigenvalue weighted by atomic mass is 35.5. The SMILES string of the molecule is CCCCc1ccc(-c2nc3ccccc3c(=O)n2NCc2c(F)cccc2Cl)cc1. The molecule has 6 heteroatoms. The van der Waals surface area contributed by atoms with E-state index in [0.717, 1.165) is 24.8 Å². The van der Waals surface area contributed by atoms with E-state index in [1.807, 2.05) is 24.3 Å². The molecule has 0 aliphatic carbocycles. The second kappa shape index (κ2) is 9.31. The van der Waals surface area contributed by atoms with Gasteiger partial charge in [0.05, 0.1) is 17.4 Å². The van der Waals surface area contributed by atoms with Gasteiger partial charge in [-0.05, 0) is 42.7 Å². The molecular weight excluding hydrogens is 413 g/mol. The van der Waals surface area contributed by atoms with Crippen LogP contribution in [-0.2, 0) is 13.0 Å². The maximum absolute atomic E-state index is 14.2. The van der Waals surface area contributed by atoms with Gasteiger partial charge >= 0.3 is 0 Å². The number of hydrogen-bond donors (Lipinski definition) is 1. The van der Waals surface area contributed by atoms with Crippen molar-refractivity contribution < 1.29 is 4.39 Å². The number of nitrogens with zero attached hydrogens (tertiary/aromatic N) is 2. The van der Waals surface area contributed by atoms with Gasteiger partial charge in [-0.25, -0.2) is 14.1 Å². The second-order valence-electron chi connectivity index (χ2n) is 7.43. The molecule has 0 aliphatic rings. The van der Waals surface area contributed by atoms with Gasteiger partial charge < -0.3 is 5.43 Å². The van der Waals surface area contributed by atoms with Crippen LogP contribution in [0.2, 0.25) is 5.02 Å². The summed E-state index contributed by atoms with van der Waals surface area (Å²) in [5.74, 6) is 0.0434. The Morgan fingerprint density at radius 3 is 2.55 bits per heavy atom. The van der Waals surface area contributed by atoms with Crippen molar-refractivity contribution in [3.63, 3.8) is 0 Å². The molecule has 0 aliphatic heterocycles. The summed E-state index contributed by atoms with van der Waals surface area (Å²) >= 11 is 6.16. The first-order chi connectivity index (χ1) is 15.1. The molecule has 158 valence electrons. The zero-order valence-corrected chi connectivity index (χ0v) is 18.0. The maximum Gasteiger partial charge on any atom is 0.280 e. The van der Waals surface area contributed by atoms with Gasteiger partial charge in [-0.1, -0.05) is 67.4 Å². The van der Waals surface area contributed by atoms with Crippen molar-refractivity contribution in [2.45, 2.75) is 32.7 Å². The number of para-hydroxylation sites is 1. The number of rotatable bonds is 7. The van der Waals surface area contributed by atoms with E-state index in [2.05, 4.69) is 24.5 Å². The van der Waals surface area contributed by atoms with E-state index < -0.39 is 5.82 Å². The van der Waals surface area contributed by atoms with Crippen LogP contribution in [0.25, 0.3) is 22.3 Å². The average molecular weight is 436 g/mol. The molecule has 0 radical (unpaired) electrons. The quantitative estimate of drug-likeness (QED) is 0.390. The van der Waals surface area contributed by atoms with E-state index in [0.29, 0.717) is 27.3 Å². The van der Waals surface area contributed by atoms with Crippen LogP contribution in [0.5, 0.6) is 0 Å². The lowest BCUT2D eigenvalue weighted by Crippen LogP contribution is -2.31. The van der Waals surface area contributed by atoms with Crippen molar-refractivity contribution in [2.24, 2.45) is 0 Å². The third kappa shape index (κ3) is 4.47. The standard InChI is InChI=1S/C25H23ClFN3O/c1-2-3-7-17-12-14-18(15-13-17)24-29-23-11-5-4-8-19(23)25(31)30(24)28-16-20-21(26)9-6-10-22(20)27/h4-6,8-15,28H,2-3,7,16H2,1H3. The number of aryl methyl sites for hydroxylation is 1. The van der Waals surface area contributed by atoms with Crippen molar-refractivity contribution in [3.05, 3.63) is 99.1 Å². The van der Waals surface area contributed by atoms with Crippen molar-refractivity contribution in [3.8, 4) is 11.4 Å². The normalized spacial score (nSPS) is 11.1. The number of halogens is 2. The molecule has 0 amide bonds. The predicted molar refractivity (Wildman–Crippen MR) is 125 cm³/mol. The molecule has 0 bridgehead atoms. The molecule has 0 fully saturated rings. The molecule has 1 aromatic heterocycles. The van der Waals surface area contributed by atoms with Gasteiger partial charge in [-0.3, -0.25) is 4.79 Å². The van der Waals surface area contributed by atoms with Crippen molar-refractivity contribution >= 4 is 22.5 Å². The van der Waals surface area contributed by atoms with Gasteiger partial charge in [0.1, 0.15) is 5.82 Å². The number of nitrogens with one attached hydrogen (secondary N) is 1. The number of fused-ring (bicyclic) bond motifs is 1. The van der Waals surface area contributed by atoms with Crippen molar-refractivity contribution in [1.82, 2.24) is 9.66 Å². The van der Waals surface area contributed by atoms with Crippen LogP contribution in [0.4, 0.5) is 4.39 Å². The highest BCUT2D eigenvalue weighted by Crippen LogP contribution is 2.22. The fourth-order valence-corrected chi connectivity index (χ4v) is 3.76. The number of hydrogen-bond acceptors (Lipinski definition) is 3. The first-order valence-electron chi connectivity index (χ1n) is 10.4. The molecule has 1 N–H and O–H groups in total. The lowest BCUT2D eigenvalue weighted by atomic mass is 10.1. The Bertz CT molecular complexity index is 1250. The molecule has 4 nitrogen and oxygen atoms in total. The third-order valence-corrected chi connectivity index (χ3v) is 5.64. The topological polar surface area (TPSA) is 46.9 Å². The van der Waals surface area contributed by atoms with Gasteiger partial charge in [0.2, 0.25) is 0 Å². The highest BCUT2D eigenvalue weighted by molar-refractivity contribution is 6.31. The predicted octanol–water partition coefficient (Wildman–Crippen LogP) is 5.94. The second-order valence-corrected chi connectivity index (χ2v) is 7.84. The van der Waals surface area contributed by atoms with E-state index in [-0.39, 0.29) is 12.1 Å². The van der Waals surface area contributed by atoms with Gasteiger partial charge in [-0.2, -0.15) is 0 Å². The summed E-state index contributed by atoms with van der Waals surface area (Å²) in [6.45, 7) is 2.21. The maximum atomic E-state index is 14.2. The smallest absolute Gasteiger partial charge is 0.280 e. The van der Waals surface area contributed by atoms with Crippen LogP contribution in [0.1, 0.15) is 30.9 Å². The molecular formula is C25H23ClFN3O. The van der Waals surface area contributed by atoms with Crippen LogP contribution in [0, 0.1) is 5.82 Å². The summed E-state index contributed by atoms with van der Waals surface area (Å²) in [6.07, 6.45) is 3.28. The third-order valence-electron chi connectivity index (χ3n) is 5.28. The largest absolute Gasteiger partial charge is 0.317 e. The summed E-state index contributed by atoms with van der Waals surface area (Å²) in [4.78, 5) is 18.0. The van der Waals surface area contributed by atoms with Crippen LogP contribution < -0.4 is 11.0 Å². The van der Waals surface area contributed by atoms with Gasteiger partial charge in [0.25, 0.3) is 5.56 Å². The molecule has 0 saturated carbocycles. The van der Waals surface area contributed by atoms with E-state index in [1.54, 1.807) is 24.3 Å². The minimum atomic E-state index is -0.427. The number of unbranched alkanes of at least 4 members (excludes halogenated alkanes) is 1. The molecule has 0 saturated heterocycles. The van der Waals surface area contributed by atoms with E-state index >= 15 is 0 Å². The van der Waals surface area contributed by atoms with Crippen LogP contribution >= 0.6 is 11.6 Å². The van der Waals surface area contributed by atoms with Crippen LogP contribution in [-0.4, -0.2) is 9.66 Å². The first kappa shape index (κ1) is 21.1. The van der Waals surface area contributed by atoms with Crippen molar-refractivity contribution in [2.75, 3.05) is 5.43 Å². The van der Waals surface area contributed by atoms with Gasteiger partial charge in [-0.15, -0.1) is 0 Å².